The third-order valence-corrected chi connectivity index (χ3v) is 28.6. The van der Waals surface area contributed by atoms with E-state index >= 15 is 0 Å². The van der Waals surface area contributed by atoms with Crippen molar-refractivity contribution < 1.29 is 0 Å². The summed E-state index contributed by atoms with van der Waals surface area (Å²) in [6, 6.07) is 207. The van der Waals surface area contributed by atoms with Gasteiger partial charge in [-0.1, -0.05) is 329 Å². The fourth-order valence-corrected chi connectivity index (χ4v) is 22.3. The molecule has 145 heavy (non-hydrogen) atoms. The second-order valence-electron chi connectivity index (χ2n) is 34.9. The van der Waals surface area contributed by atoms with Gasteiger partial charge in [0.2, 0.25) is 0 Å². The molecule has 1 N–H and O–H groups in total. The summed E-state index contributed by atoms with van der Waals surface area (Å²) in [5.41, 5.74) is 27.2. The average Bonchev–Trinajstić information content (AvgIpc) is 1.71. The monoisotopic (exact) mass is 2030 g/mol. The summed E-state index contributed by atoms with van der Waals surface area (Å²) >= 11 is 10.7. The summed E-state index contributed by atoms with van der Waals surface area (Å²) in [7, 11) is 0. The maximum absolute atomic E-state index is 3.65. The highest BCUT2D eigenvalue weighted by Crippen LogP contribution is 2.53. The first-order chi connectivity index (χ1) is 71.7. The van der Waals surface area contributed by atoms with Crippen LogP contribution in [0.3, 0.4) is 0 Å². The Bertz CT molecular complexity index is 7520. The fourth-order valence-electron chi connectivity index (χ4n) is 19.0. The molecule has 0 spiro atoms. The van der Waals surface area contributed by atoms with Gasteiger partial charge in [0.15, 0.2) is 0 Å². The van der Waals surface area contributed by atoms with E-state index in [0.29, 0.717) is 0 Å². The van der Waals surface area contributed by atoms with Gasteiger partial charge in [-0.05, 0) is 285 Å². The van der Waals surface area contributed by atoms with Crippen molar-refractivity contribution in [3.8, 4) is 0 Å². The van der Waals surface area contributed by atoms with Crippen molar-refractivity contribution in [1.82, 2.24) is 0 Å². The van der Waals surface area contributed by atoms with Crippen LogP contribution in [-0.4, -0.2) is 0 Å². The van der Waals surface area contributed by atoms with E-state index in [0.717, 1.165) is 157 Å². The Kier molecular flexibility index (Phi) is 27.8. The third kappa shape index (κ3) is 20.9. The molecule has 0 atom stereocenters. The lowest BCUT2D eigenvalue weighted by Crippen LogP contribution is -2.16. The van der Waals surface area contributed by atoms with Crippen molar-refractivity contribution in [3.05, 3.63) is 591 Å². The number of rotatable bonds is 26. The molecule has 0 bridgehead atoms. The molecule has 0 saturated carbocycles. The van der Waals surface area contributed by atoms with E-state index in [1.54, 1.807) is 0 Å². The Labute approximate surface area is 871 Å². The van der Waals surface area contributed by atoms with Crippen LogP contribution >= 0.6 is 54.5 Å². The van der Waals surface area contributed by atoms with Crippen LogP contribution in [-0.2, 0) is 0 Å². The van der Waals surface area contributed by atoms with Gasteiger partial charge in [0.1, 0.15) is 0 Å². The largest absolute Gasteiger partial charge is 0.355 e. The molecule has 9 nitrogen and oxygen atoms in total. The van der Waals surface area contributed by atoms with Gasteiger partial charge in [-0.15, -0.1) is 22.7 Å². The van der Waals surface area contributed by atoms with Crippen LogP contribution in [0.5, 0.6) is 0 Å². The number of anilines is 26. The van der Waals surface area contributed by atoms with Crippen LogP contribution < -0.4 is 44.5 Å². The summed E-state index contributed by atoms with van der Waals surface area (Å²) in [4.78, 5) is 18.9. The van der Waals surface area contributed by atoms with E-state index in [4.69, 9.17) is 0 Å². The normalized spacial score (nSPS) is 11.0. The van der Waals surface area contributed by atoms with E-state index in [2.05, 4.69) is 641 Å². The minimum atomic E-state index is 1.00. The van der Waals surface area contributed by atoms with E-state index in [1.807, 2.05) is 40.9 Å². The summed E-state index contributed by atoms with van der Waals surface area (Å²) < 4.78 is 7.31. The zero-order chi connectivity index (χ0) is 97.4. The Hall–Kier alpha value is -17.6. The second kappa shape index (κ2) is 43.7. The highest BCUT2D eigenvalue weighted by molar-refractivity contribution is 9.10. The van der Waals surface area contributed by atoms with Crippen LogP contribution in [0.15, 0.2) is 591 Å². The minimum Gasteiger partial charge on any atom is -0.355 e. The maximum atomic E-state index is 3.65. The molecule has 24 aromatic rings. The minimum absolute atomic E-state index is 1.00. The van der Waals surface area contributed by atoms with Gasteiger partial charge in [0.25, 0.3) is 0 Å². The SMILES string of the molecule is Brc1ccc2c(c1)sc1cc(Br)ccc12.c1ccc(N(c2ccccc2)c2cc(N(c3ccccc3)c3ccccc3)cc(N(c3ccccc3)c3ccc4c(c3)sc3cc(N(c5ccccc5)c5cc(N(c6ccccc6)c6ccccc6)cc(N(c6ccccc6)c6ccccc6)c5)ccc34)c2)cc1.c1ccc(Nc2cc(N(c3ccccc3)c3ccccc3)cc(N(c3ccccc3)c3ccccc3)c2)cc1. The van der Waals surface area contributed by atoms with Gasteiger partial charge in [0.05, 0.1) is 45.5 Å². The summed E-state index contributed by atoms with van der Waals surface area (Å²) in [6.45, 7) is 0. The molecule has 13 heteroatoms. The molecule has 0 aliphatic heterocycles. The lowest BCUT2D eigenvalue weighted by atomic mass is 10.1. The molecule has 0 fully saturated rings. The van der Waals surface area contributed by atoms with Crippen molar-refractivity contribution >= 4 is 243 Å². The van der Waals surface area contributed by atoms with Crippen LogP contribution in [0.25, 0.3) is 40.3 Å². The number of thiophene rings is 2. The van der Waals surface area contributed by atoms with Crippen LogP contribution in [0.4, 0.5) is 148 Å². The highest BCUT2D eigenvalue weighted by Gasteiger charge is 2.28. The van der Waals surface area contributed by atoms with Gasteiger partial charge in [-0.2, -0.15) is 0 Å². The van der Waals surface area contributed by atoms with E-state index < -0.39 is 0 Å². The van der Waals surface area contributed by atoms with Crippen molar-refractivity contribution in [2.75, 3.05) is 44.5 Å². The molecule has 0 saturated heterocycles. The molecule has 0 radical (unpaired) electrons. The maximum Gasteiger partial charge on any atom is 0.0503 e. The molecule has 0 aliphatic rings. The third-order valence-electron chi connectivity index (χ3n) is 25.4. The number of benzene rings is 22. The van der Waals surface area contributed by atoms with Gasteiger partial charge < -0.3 is 44.5 Å². The molecule has 0 aliphatic carbocycles. The highest BCUT2D eigenvalue weighted by atomic mass is 79.9. The zero-order valence-corrected chi connectivity index (χ0v) is 83.9. The number of nitrogens with one attached hydrogen (secondary N) is 1. The Morgan fingerprint density at radius 3 is 0.462 bits per heavy atom. The first-order valence-electron chi connectivity index (χ1n) is 48.4. The zero-order valence-electron chi connectivity index (χ0n) is 79.1. The molecule has 2 aromatic heterocycles. The fraction of sp³-hybridized carbons (Fsp3) is 0. The van der Waals surface area contributed by atoms with E-state index in [9.17, 15) is 0 Å². The standard InChI is InChI=1S/C84H62N6S.C36H29N3.C12H6Br2S/c1-11-31-63(32-12-1)85(64-33-13-2-14-34-64)75-55-76(86(65-35-15-3-16-36-65)66-37-17-4-18-38-66)58-79(57-75)89(71-47-27-9-28-48-71)73-51-53-81-82-54-52-74(62-84(82)91-83(81)61-73)90(72-49-29-10-30-50-72)80-59-77(87(67-39-19-5-20-40-67)68-41-21-6-22-42-68)56-78(60-80)88(69-43-23-7-24-44-69)70-45-25-8-26-46-70;1-6-16-29(17-7-1)37-30-26-35(38(31-18-8-2-9-19-31)32-20-10-3-11-21-32)28-36(27-30)39(33-22-12-4-13-23-33)34-24-14-5-15-25-34;13-7-1-3-9-10-4-2-8(14)6-12(10)15-11(9)5-7/h1-62H;1-28,37H;1-6H. The Balaban J connectivity index is 0.000000180. The van der Waals surface area contributed by atoms with Gasteiger partial charge in [-0.3, -0.25) is 0 Å². The number of halogens is 2. The Morgan fingerprint density at radius 2 is 0.276 bits per heavy atom. The number of para-hydroxylation sites is 15. The van der Waals surface area contributed by atoms with Crippen LogP contribution in [0.1, 0.15) is 0 Å². The topological polar surface area (TPSA) is 38.0 Å². The second-order valence-corrected chi connectivity index (χ2v) is 38.9. The predicted molar refractivity (Wildman–Crippen MR) is 628 cm³/mol. The first kappa shape index (κ1) is 92.5. The molecule has 696 valence electrons. The molecular weight excluding hydrogens is 1940 g/mol. The van der Waals surface area contributed by atoms with Crippen molar-refractivity contribution in [1.29, 1.82) is 0 Å². The molecular formula is C132H97Br2N9S2. The van der Waals surface area contributed by atoms with Crippen molar-refractivity contribution in [3.63, 3.8) is 0 Å². The predicted octanol–water partition coefficient (Wildman–Crippen LogP) is 40.8. The van der Waals surface area contributed by atoms with E-state index in [1.165, 1.54) is 40.3 Å². The number of hydrogen-bond acceptors (Lipinski definition) is 11. The van der Waals surface area contributed by atoms with Crippen LogP contribution in [0.2, 0.25) is 0 Å². The van der Waals surface area contributed by atoms with Crippen molar-refractivity contribution in [2.45, 2.75) is 0 Å². The average molecular weight is 2030 g/mol. The van der Waals surface area contributed by atoms with E-state index in [-0.39, 0.29) is 0 Å². The molecule has 0 unspecified atom stereocenters. The molecule has 22 aromatic carbocycles. The number of hydrogen-bond donors (Lipinski definition) is 1. The quantitative estimate of drug-likeness (QED) is 0.0571. The first-order valence-corrected chi connectivity index (χ1v) is 51.6. The summed E-state index contributed by atoms with van der Waals surface area (Å²) in [5, 5.41) is 8.73. The lowest BCUT2D eigenvalue weighted by Gasteiger charge is -2.33. The van der Waals surface area contributed by atoms with Gasteiger partial charge in [-0.25, -0.2) is 0 Å². The van der Waals surface area contributed by atoms with Crippen LogP contribution in [0, 0.1) is 0 Å². The summed E-state index contributed by atoms with van der Waals surface area (Å²) in [6.07, 6.45) is 0. The molecule has 2 heterocycles. The molecule has 24 rings (SSSR count). The van der Waals surface area contributed by atoms with Crippen molar-refractivity contribution in [2.24, 2.45) is 0 Å². The smallest absolute Gasteiger partial charge is 0.0503 e. The Morgan fingerprint density at radius 1 is 0.124 bits per heavy atom. The van der Waals surface area contributed by atoms with Gasteiger partial charge >= 0.3 is 0 Å². The number of fused-ring (bicyclic) bond motifs is 6. The lowest BCUT2D eigenvalue weighted by molar-refractivity contribution is 1.22. The number of nitrogens with zero attached hydrogens (tertiary/aromatic N) is 8. The summed E-state index contributed by atoms with van der Waals surface area (Å²) in [5.74, 6) is 0. The van der Waals surface area contributed by atoms with Gasteiger partial charge in [0, 0.05) is 152 Å². The molecule has 0 amide bonds.